The number of anilines is 1. The molecule has 102 valence electrons. The average molecular weight is 281 g/mol. The van der Waals surface area contributed by atoms with E-state index in [4.69, 9.17) is 5.11 Å². The fraction of sp³-hybridized carbons (Fsp3) is 0.333. The van der Waals surface area contributed by atoms with E-state index in [-0.39, 0.29) is 5.95 Å². The Balaban J connectivity index is 2.24. The summed E-state index contributed by atoms with van der Waals surface area (Å²) in [4.78, 5) is 18.2. The molecular formula is C12H15N3O3S. The number of carboxylic acid groups (broad SMARTS) is 1. The maximum Gasteiger partial charge on any atom is 0.411 e. The molecule has 0 aliphatic rings. The van der Waals surface area contributed by atoms with Crippen LogP contribution in [0.4, 0.5) is 10.7 Å². The van der Waals surface area contributed by atoms with Gasteiger partial charge >= 0.3 is 6.09 Å². The number of benzene rings is 1. The number of rotatable bonds is 5. The molecular weight excluding hydrogens is 266 g/mol. The largest absolute Gasteiger partial charge is 0.465 e. The van der Waals surface area contributed by atoms with Gasteiger partial charge in [0, 0.05) is 10.6 Å². The number of hydrogen-bond donors (Lipinski definition) is 3. The Morgan fingerprint density at radius 1 is 1.53 bits per heavy atom. The fourth-order valence-corrected chi connectivity index (χ4v) is 2.94. The Bertz CT molecular complexity index is 624. The number of fused-ring (bicyclic) bond motifs is 1. The Morgan fingerprint density at radius 2 is 2.32 bits per heavy atom. The molecule has 2 rings (SSSR count). The Morgan fingerprint density at radius 3 is 3.00 bits per heavy atom. The molecule has 1 amide bonds. The summed E-state index contributed by atoms with van der Waals surface area (Å²) < 4.78 is 12.0. The van der Waals surface area contributed by atoms with Crippen LogP contribution in [0.25, 0.3) is 11.0 Å². The second kappa shape index (κ2) is 5.83. The summed E-state index contributed by atoms with van der Waals surface area (Å²) in [5, 5.41) is 10.8. The molecule has 1 aromatic heterocycles. The summed E-state index contributed by atoms with van der Waals surface area (Å²) in [5.74, 6) is 0.801. The number of amides is 1. The molecule has 6 nitrogen and oxygen atoms in total. The number of aromatic nitrogens is 2. The Hall–Kier alpha value is -1.89. The molecule has 1 aromatic carbocycles. The predicted molar refractivity (Wildman–Crippen MR) is 73.9 cm³/mol. The van der Waals surface area contributed by atoms with Crippen LogP contribution in [0, 0.1) is 0 Å². The lowest BCUT2D eigenvalue weighted by molar-refractivity contribution is 0.209. The van der Waals surface area contributed by atoms with E-state index < -0.39 is 16.9 Å². The van der Waals surface area contributed by atoms with E-state index in [0.29, 0.717) is 16.8 Å². The second-order valence-electron chi connectivity index (χ2n) is 4.10. The Labute approximate surface area is 112 Å². The van der Waals surface area contributed by atoms with Crippen LogP contribution in [0.15, 0.2) is 23.1 Å². The van der Waals surface area contributed by atoms with Crippen LogP contribution in [-0.2, 0) is 10.8 Å². The van der Waals surface area contributed by atoms with E-state index >= 15 is 0 Å². The lowest BCUT2D eigenvalue weighted by atomic mass is 10.3. The summed E-state index contributed by atoms with van der Waals surface area (Å²) in [6, 6.07) is 5.25. The highest BCUT2D eigenvalue weighted by atomic mass is 32.2. The minimum Gasteiger partial charge on any atom is -0.465 e. The van der Waals surface area contributed by atoms with Crippen molar-refractivity contribution in [3.63, 3.8) is 0 Å². The van der Waals surface area contributed by atoms with Crippen molar-refractivity contribution in [2.75, 3.05) is 11.1 Å². The average Bonchev–Trinajstić information content (AvgIpc) is 2.75. The van der Waals surface area contributed by atoms with E-state index in [2.05, 4.69) is 22.2 Å². The number of imidazole rings is 1. The van der Waals surface area contributed by atoms with Gasteiger partial charge in [-0.3, -0.25) is 9.53 Å². The lowest BCUT2D eigenvalue weighted by Crippen LogP contribution is -2.08. The third-order valence-corrected chi connectivity index (χ3v) is 4.06. The number of nitrogens with one attached hydrogen (secondary N) is 2. The van der Waals surface area contributed by atoms with Crippen molar-refractivity contribution in [2.45, 2.75) is 24.7 Å². The van der Waals surface area contributed by atoms with E-state index in [9.17, 15) is 9.00 Å². The molecule has 0 saturated heterocycles. The monoisotopic (exact) mass is 281 g/mol. The van der Waals surface area contributed by atoms with Gasteiger partial charge in [0.2, 0.25) is 5.95 Å². The zero-order chi connectivity index (χ0) is 13.8. The van der Waals surface area contributed by atoms with Gasteiger partial charge in [-0.25, -0.2) is 9.78 Å². The molecule has 0 fully saturated rings. The first-order chi connectivity index (χ1) is 9.10. The standard InChI is InChI=1S/C12H15N3O3S/c1-2-3-6-19(18)8-4-5-9-10(7-8)14-11(13-9)15-12(16)17/h4-5,7H,2-3,6H2,1H3,(H,16,17)(H2,13,14,15). The SMILES string of the molecule is CCCCS(=O)c1ccc2nc(NC(=O)O)[nH]c2c1. The molecule has 3 N–H and O–H groups in total. The number of H-pyrrole nitrogens is 1. The van der Waals surface area contributed by atoms with Crippen molar-refractivity contribution in [1.82, 2.24) is 9.97 Å². The van der Waals surface area contributed by atoms with Crippen molar-refractivity contribution in [2.24, 2.45) is 0 Å². The van der Waals surface area contributed by atoms with Gasteiger partial charge < -0.3 is 10.1 Å². The van der Waals surface area contributed by atoms with Gasteiger partial charge in [-0.05, 0) is 24.6 Å². The van der Waals surface area contributed by atoms with Crippen molar-refractivity contribution in [1.29, 1.82) is 0 Å². The van der Waals surface area contributed by atoms with Crippen LogP contribution in [0.2, 0.25) is 0 Å². The molecule has 1 atom stereocenters. The first kappa shape index (κ1) is 13.5. The number of carbonyl (C=O) groups is 1. The van der Waals surface area contributed by atoms with Crippen LogP contribution >= 0.6 is 0 Å². The van der Waals surface area contributed by atoms with Gasteiger partial charge in [-0.15, -0.1) is 0 Å². The highest BCUT2D eigenvalue weighted by molar-refractivity contribution is 7.85. The maximum absolute atomic E-state index is 12.0. The van der Waals surface area contributed by atoms with E-state index in [1.807, 2.05) is 0 Å². The molecule has 0 radical (unpaired) electrons. The summed E-state index contributed by atoms with van der Waals surface area (Å²) in [6.45, 7) is 2.05. The molecule has 1 heterocycles. The van der Waals surface area contributed by atoms with Crippen molar-refractivity contribution >= 4 is 33.9 Å². The Kier molecular flexibility index (Phi) is 4.16. The molecule has 0 aliphatic carbocycles. The minimum absolute atomic E-state index is 0.166. The molecule has 2 aromatic rings. The van der Waals surface area contributed by atoms with E-state index in [1.165, 1.54) is 0 Å². The highest BCUT2D eigenvalue weighted by Crippen LogP contribution is 2.18. The second-order valence-corrected chi connectivity index (χ2v) is 5.67. The smallest absolute Gasteiger partial charge is 0.411 e. The first-order valence-electron chi connectivity index (χ1n) is 5.98. The van der Waals surface area contributed by atoms with Gasteiger partial charge in [-0.1, -0.05) is 13.3 Å². The van der Waals surface area contributed by atoms with Gasteiger partial charge in [0.05, 0.1) is 21.8 Å². The third-order valence-electron chi connectivity index (χ3n) is 2.62. The van der Waals surface area contributed by atoms with Crippen molar-refractivity contribution < 1.29 is 14.1 Å². The van der Waals surface area contributed by atoms with E-state index in [1.54, 1.807) is 18.2 Å². The number of nitrogens with zero attached hydrogens (tertiary/aromatic N) is 1. The first-order valence-corrected chi connectivity index (χ1v) is 7.30. The van der Waals surface area contributed by atoms with E-state index in [0.717, 1.165) is 17.7 Å². The molecule has 19 heavy (non-hydrogen) atoms. The molecule has 0 saturated carbocycles. The molecule has 0 bridgehead atoms. The topological polar surface area (TPSA) is 95.1 Å². The summed E-state index contributed by atoms with van der Waals surface area (Å²) in [7, 11) is -1.03. The minimum atomic E-state index is -1.18. The van der Waals surface area contributed by atoms with Crippen LogP contribution < -0.4 is 5.32 Å². The lowest BCUT2D eigenvalue weighted by Gasteiger charge is -2.00. The van der Waals surface area contributed by atoms with Crippen LogP contribution in [0.3, 0.4) is 0 Å². The highest BCUT2D eigenvalue weighted by Gasteiger charge is 2.08. The van der Waals surface area contributed by atoms with Gasteiger partial charge in [0.25, 0.3) is 0 Å². The summed E-state index contributed by atoms with van der Waals surface area (Å²) in [5.41, 5.74) is 1.31. The van der Waals surface area contributed by atoms with Gasteiger partial charge in [0.1, 0.15) is 0 Å². The fourth-order valence-electron chi connectivity index (χ4n) is 1.68. The van der Waals surface area contributed by atoms with Crippen molar-refractivity contribution in [3.8, 4) is 0 Å². The quantitative estimate of drug-likeness (QED) is 0.785. The molecule has 0 spiro atoms. The summed E-state index contributed by atoms with van der Waals surface area (Å²) >= 11 is 0. The van der Waals surface area contributed by atoms with Crippen molar-refractivity contribution in [3.05, 3.63) is 18.2 Å². The molecule has 1 unspecified atom stereocenters. The normalized spacial score (nSPS) is 12.5. The van der Waals surface area contributed by atoms with Gasteiger partial charge in [-0.2, -0.15) is 0 Å². The third kappa shape index (κ3) is 3.31. The zero-order valence-electron chi connectivity index (χ0n) is 10.5. The maximum atomic E-state index is 12.0. The molecule has 7 heteroatoms. The number of aromatic amines is 1. The van der Waals surface area contributed by atoms with Gasteiger partial charge in [0.15, 0.2) is 0 Å². The number of hydrogen-bond acceptors (Lipinski definition) is 3. The zero-order valence-corrected chi connectivity index (χ0v) is 11.3. The predicted octanol–water partition coefficient (Wildman–Crippen LogP) is 2.56. The molecule has 0 aliphatic heterocycles. The van der Waals surface area contributed by atoms with Crippen LogP contribution in [-0.4, -0.2) is 31.1 Å². The van der Waals surface area contributed by atoms with Crippen LogP contribution in [0.1, 0.15) is 19.8 Å². The number of unbranched alkanes of at least 4 members (excludes halogenated alkanes) is 1. The van der Waals surface area contributed by atoms with Crippen LogP contribution in [0.5, 0.6) is 0 Å². The summed E-state index contributed by atoms with van der Waals surface area (Å²) in [6.07, 6.45) is 0.746.